The van der Waals surface area contributed by atoms with E-state index in [1.807, 2.05) is 0 Å². The van der Waals surface area contributed by atoms with E-state index in [1.165, 1.54) is 0 Å². The summed E-state index contributed by atoms with van der Waals surface area (Å²) in [7, 11) is 0. The molecule has 0 aromatic heterocycles. The second kappa shape index (κ2) is 3.95. The van der Waals surface area contributed by atoms with Crippen LogP contribution in [0.15, 0.2) is 24.3 Å². The quantitative estimate of drug-likeness (QED) is 0.536. The molecule has 0 N–H and O–H groups in total. The van der Waals surface area contributed by atoms with E-state index in [2.05, 4.69) is 20.1 Å². The van der Waals surface area contributed by atoms with E-state index in [0.717, 1.165) is 19.3 Å². The molecule has 0 bridgehead atoms. The second-order valence-electron chi connectivity index (χ2n) is 5.84. The van der Waals surface area contributed by atoms with Gasteiger partial charge in [-0.25, -0.2) is 9.59 Å². The molecular weight excluding hydrogens is 244 g/mol. The molecule has 19 heavy (non-hydrogen) atoms. The van der Waals surface area contributed by atoms with Crippen LogP contribution in [-0.2, 0) is 19.1 Å². The van der Waals surface area contributed by atoms with Crippen LogP contribution in [0.1, 0.15) is 26.2 Å². The lowest BCUT2D eigenvalue weighted by molar-refractivity contribution is -0.166. The maximum Gasteiger partial charge on any atom is 0.334 e. The minimum Gasteiger partial charge on any atom is -0.462 e. The van der Waals surface area contributed by atoms with Gasteiger partial charge in [-0.2, -0.15) is 0 Å². The van der Waals surface area contributed by atoms with Crippen molar-refractivity contribution < 1.29 is 19.1 Å². The third-order valence-electron chi connectivity index (χ3n) is 5.12. The standard InChI is InChI=1S/C15H18O4/c1-4-15-6-5-10-8(2)14(17)19-12(10)11(15)9(3)13(16)18-7-15/h10-12H,2-7H2,1H3/t10-,11+,12-,15+/m0/s1. The molecule has 3 fully saturated rings. The first kappa shape index (κ1) is 12.5. The third kappa shape index (κ3) is 1.52. The van der Waals surface area contributed by atoms with Gasteiger partial charge in [0.25, 0.3) is 0 Å². The van der Waals surface area contributed by atoms with Crippen molar-refractivity contribution in [1.82, 2.24) is 0 Å². The topological polar surface area (TPSA) is 52.6 Å². The highest BCUT2D eigenvalue weighted by atomic mass is 16.6. The summed E-state index contributed by atoms with van der Waals surface area (Å²) in [5, 5.41) is 0. The second-order valence-corrected chi connectivity index (χ2v) is 5.84. The summed E-state index contributed by atoms with van der Waals surface area (Å²) in [5.74, 6) is -0.780. The molecule has 0 spiro atoms. The van der Waals surface area contributed by atoms with Gasteiger partial charge in [0, 0.05) is 28.4 Å². The highest BCUT2D eigenvalue weighted by molar-refractivity contribution is 5.93. The van der Waals surface area contributed by atoms with Crippen molar-refractivity contribution in [1.29, 1.82) is 0 Å². The van der Waals surface area contributed by atoms with Crippen LogP contribution in [0, 0.1) is 17.3 Å². The number of carbonyl (C=O) groups excluding carboxylic acids is 2. The van der Waals surface area contributed by atoms with Gasteiger partial charge in [-0.3, -0.25) is 0 Å². The van der Waals surface area contributed by atoms with Gasteiger partial charge in [-0.15, -0.1) is 0 Å². The van der Waals surface area contributed by atoms with Gasteiger partial charge in [0.2, 0.25) is 0 Å². The molecule has 102 valence electrons. The number of esters is 2. The molecular formula is C15H18O4. The Morgan fingerprint density at radius 1 is 1.26 bits per heavy atom. The van der Waals surface area contributed by atoms with Crippen LogP contribution in [0.3, 0.4) is 0 Å². The Morgan fingerprint density at radius 2 is 2.00 bits per heavy atom. The molecule has 2 saturated heterocycles. The molecule has 4 heteroatoms. The molecule has 4 atom stereocenters. The van der Waals surface area contributed by atoms with Crippen LogP contribution in [0.4, 0.5) is 0 Å². The van der Waals surface area contributed by atoms with Crippen LogP contribution >= 0.6 is 0 Å². The summed E-state index contributed by atoms with van der Waals surface area (Å²) >= 11 is 0. The maximum atomic E-state index is 11.8. The van der Waals surface area contributed by atoms with E-state index in [1.54, 1.807) is 0 Å². The van der Waals surface area contributed by atoms with E-state index < -0.39 is 0 Å². The minimum atomic E-state index is -0.358. The molecule has 0 aromatic carbocycles. The van der Waals surface area contributed by atoms with Crippen LogP contribution in [0.5, 0.6) is 0 Å². The van der Waals surface area contributed by atoms with E-state index in [-0.39, 0.29) is 35.3 Å². The van der Waals surface area contributed by atoms with Gasteiger partial charge >= 0.3 is 11.9 Å². The Kier molecular flexibility index (Phi) is 2.59. The molecule has 0 unspecified atom stereocenters. The van der Waals surface area contributed by atoms with Gasteiger partial charge in [0.15, 0.2) is 0 Å². The number of carbonyl (C=O) groups is 2. The van der Waals surface area contributed by atoms with Crippen LogP contribution in [0.2, 0.25) is 0 Å². The van der Waals surface area contributed by atoms with Gasteiger partial charge in [-0.1, -0.05) is 20.1 Å². The predicted molar refractivity (Wildman–Crippen MR) is 68.1 cm³/mol. The number of fused-ring (bicyclic) bond motifs is 3. The summed E-state index contributed by atoms with van der Waals surface area (Å²) in [6.45, 7) is 10.2. The predicted octanol–water partition coefficient (Wildman–Crippen LogP) is 2.00. The lowest BCUT2D eigenvalue weighted by Gasteiger charge is -2.50. The summed E-state index contributed by atoms with van der Waals surface area (Å²) in [5.41, 5.74) is 0.864. The zero-order chi connectivity index (χ0) is 13.8. The highest BCUT2D eigenvalue weighted by Crippen LogP contribution is 2.55. The lowest BCUT2D eigenvalue weighted by Crippen LogP contribution is -2.53. The van der Waals surface area contributed by atoms with E-state index in [0.29, 0.717) is 17.8 Å². The first-order chi connectivity index (χ1) is 9.00. The molecule has 2 aliphatic heterocycles. The Labute approximate surface area is 112 Å². The average molecular weight is 262 g/mol. The average Bonchev–Trinajstić information content (AvgIpc) is 2.69. The van der Waals surface area contributed by atoms with Crippen molar-refractivity contribution in [2.45, 2.75) is 32.3 Å². The molecule has 4 nitrogen and oxygen atoms in total. The van der Waals surface area contributed by atoms with Crippen LogP contribution in [0.25, 0.3) is 0 Å². The molecule has 3 aliphatic rings. The van der Waals surface area contributed by atoms with Crippen molar-refractivity contribution in [3.63, 3.8) is 0 Å². The van der Waals surface area contributed by atoms with Gasteiger partial charge in [-0.05, 0) is 19.3 Å². The van der Waals surface area contributed by atoms with Gasteiger partial charge in [0.05, 0.1) is 6.61 Å². The summed E-state index contributed by atoms with van der Waals surface area (Å²) in [6, 6.07) is 0. The van der Waals surface area contributed by atoms with Crippen LogP contribution < -0.4 is 0 Å². The Balaban J connectivity index is 2.02. The normalized spacial score (nSPS) is 41.4. The van der Waals surface area contributed by atoms with E-state index in [4.69, 9.17) is 9.47 Å². The summed E-state index contributed by atoms with van der Waals surface area (Å²) in [4.78, 5) is 23.5. The Hall–Kier alpha value is -1.58. The van der Waals surface area contributed by atoms with Crippen molar-refractivity contribution in [2.24, 2.45) is 17.3 Å². The monoisotopic (exact) mass is 262 g/mol. The fraction of sp³-hybridized carbons (Fsp3) is 0.600. The largest absolute Gasteiger partial charge is 0.462 e. The fourth-order valence-corrected chi connectivity index (χ4v) is 3.87. The molecule has 1 saturated carbocycles. The highest BCUT2D eigenvalue weighted by Gasteiger charge is 2.58. The number of hydrogen-bond acceptors (Lipinski definition) is 4. The smallest absolute Gasteiger partial charge is 0.334 e. The third-order valence-corrected chi connectivity index (χ3v) is 5.12. The molecule has 0 aromatic rings. The van der Waals surface area contributed by atoms with Crippen molar-refractivity contribution in [2.75, 3.05) is 6.61 Å². The number of cyclic esters (lactones) is 1. The SMILES string of the molecule is C=C1C(=O)OC[C@@]2(CC)CC[C@H]3C(=C)C(=O)O[C@@H]3[C@@H]12. The van der Waals surface area contributed by atoms with Crippen molar-refractivity contribution >= 4 is 11.9 Å². The lowest BCUT2D eigenvalue weighted by atomic mass is 9.57. The van der Waals surface area contributed by atoms with Crippen LogP contribution in [-0.4, -0.2) is 24.6 Å². The zero-order valence-electron chi connectivity index (χ0n) is 11.1. The first-order valence-electron chi connectivity index (χ1n) is 6.76. The number of hydrogen-bond donors (Lipinski definition) is 0. The molecule has 1 aliphatic carbocycles. The molecule has 0 radical (unpaired) electrons. The van der Waals surface area contributed by atoms with Gasteiger partial charge < -0.3 is 9.47 Å². The zero-order valence-corrected chi connectivity index (χ0v) is 11.1. The van der Waals surface area contributed by atoms with E-state index >= 15 is 0 Å². The maximum absolute atomic E-state index is 11.8. The Morgan fingerprint density at radius 3 is 2.68 bits per heavy atom. The molecule has 3 rings (SSSR count). The van der Waals surface area contributed by atoms with E-state index in [9.17, 15) is 9.59 Å². The van der Waals surface area contributed by atoms with Crippen molar-refractivity contribution in [3.8, 4) is 0 Å². The molecule has 2 heterocycles. The summed E-state index contributed by atoms with van der Waals surface area (Å²) < 4.78 is 10.7. The fourth-order valence-electron chi connectivity index (χ4n) is 3.87. The Bertz CT molecular complexity index is 492. The van der Waals surface area contributed by atoms with Crippen molar-refractivity contribution in [3.05, 3.63) is 24.3 Å². The number of ether oxygens (including phenoxy) is 2. The number of rotatable bonds is 1. The van der Waals surface area contributed by atoms with Gasteiger partial charge in [0.1, 0.15) is 6.10 Å². The summed E-state index contributed by atoms with van der Waals surface area (Å²) in [6.07, 6.45) is 2.38. The first-order valence-corrected chi connectivity index (χ1v) is 6.76. The molecule has 0 amide bonds. The minimum absolute atomic E-state index is 0.0276.